The second kappa shape index (κ2) is 8.68. The van der Waals surface area contributed by atoms with Gasteiger partial charge in [-0.3, -0.25) is 9.59 Å². The number of hydrogen-bond donors (Lipinski definition) is 2. The number of nitriles is 1. The van der Waals surface area contributed by atoms with Crippen molar-refractivity contribution in [1.82, 2.24) is 9.78 Å². The third-order valence-corrected chi connectivity index (χ3v) is 5.94. The van der Waals surface area contributed by atoms with E-state index >= 15 is 0 Å². The zero-order valence-electron chi connectivity index (χ0n) is 18.2. The van der Waals surface area contributed by atoms with Gasteiger partial charge in [-0.15, -0.1) is 0 Å². The van der Waals surface area contributed by atoms with Crippen LogP contribution in [0.2, 0.25) is 0 Å². The van der Waals surface area contributed by atoms with E-state index in [2.05, 4.69) is 16.5 Å². The molecule has 3 aromatic carbocycles. The summed E-state index contributed by atoms with van der Waals surface area (Å²) in [5, 5.41) is 17.0. The Labute approximate surface area is 196 Å². The Kier molecular flexibility index (Phi) is 5.40. The van der Waals surface area contributed by atoms with Crippen molar-refractivity contribution in [3.8, 4) is 23.0 Å². The van der Waals surface area contributed by atoms with E-state index in [0.717, 1.165) is 28.9 Å². The average Bonchev–Trinajstić information content (AvgIpc) is 3.25. The van der Waals surface area contributed by atoms with Crippen LogP contribution in [-0.4, -0.2) is 21.5 Å². The van der Waals surface area contributed by atoms with Crippen molar-refractivity contribution < 1.29 is 9.59 Å². The predicted molar refractivity (Wildman–Crippen MR) is 129 cm³/mol. The van der Waals surface area contributed by atoms with Crippen molar-refractivity contribution in [3.63, 3.8) is 0 Å². The molecule has 7 heteroatoms. The van der Waals surface area contributed by atoms with Gasteiger partial charge in [0.25, 0.3) is 0 Å². The molecule has 1 aliphatic carbocycles. The van der Waals surface area contributed by atoms with Gasteiger partial charge in [0.15, 0.2) is 5.92 Å². The quantitative estimate of drug-likeness (QED) is 0.271. The number of nitrogens with zero attached hydrogens (tertiary/aromatic N) is 3. The van der Waals surface area contributed by atoms with Gasteiger partial charge in [-0.05, 0) is 48.7 Å². The summed E-state index contributed by atoms with van der Waals surface area (Å²) >= 11 is 0. The molecule has 0 saturated heterocycles. The van der Waals surface area contributed by atoms with Gasteiger partial charge in [0.1, 0.15) is 5.69 Å². The van der Waals surface area contributed by atoms with E-state index in [0.29, 0.717) is 17.8 Å². The second-order valence-electron chi connectivity index (χ2n) is 8.12. The van der Waals surface area contributed by atoms with E-state index in [9.17, 15) is 14.9 Å². The van der Waals surface area contributed by atoms with Crippen LogP contribution in [0.25, 0.3) is 16.9 Å². The number of nitrogen functional groups attached to an aromatic ring is 1. The van der Waals surface area contributed by atoms with Crippen molar-refractivity contribution >= 4 is 23.1 Å². The summed E-state index contributed by atoms with van der Waals surface area (Å²) in [6.07, 6.45) is 1.34. The van der Waals surface area contributed by atoms with Crippen LogP contribution in [-0.2, 0) is 17.6 Å². The second-order valence-corrected chi connectivity index (χ2v) is 8.12. The summed E-state index contributed by atoms with van der Waals surface area (Å²) in [4.78, 5) is 26.4. The first-order valence-electron chi connectivity index (χ1n) is 10.9. The van der Waals surface area contributed by atoms with Crippen LogP contribution in [0.4, 0.5) is 11.4 Å². The van der Waals surface area contributed by atoms with Crippen LogP contribution in [0, 0.1) is 17.2 Å². The molecule has 0 saturated carbocycles. The Hall–Kier alpha value is -4.70. The number of rotatable bonds is 5. The van der Waals surface area contributed by atoms with Crippen LogP contribution < -0.4 is 11.1 Å². The number of carbonyl (C=O) groups excluding carboxylic acids is 2. The highest BCUT2D eigenvalue weighted by atomic mass is 16.2. The lowest BCUT2D eigenvalue weighted by Crippen LogP contribution is -2.29. The van der Waals surface area contributed by atoms with Crippen LogP contribution in [0.3, 0.4) is 0 Å². The highest BCUT2D eigenvalue weighted by molar-refractivity contribution is 6.16. The lowest BCUT2D eigenvalue weighted by molar-refractivity contribution is -0.117. The number of Topliss-reactive ketones (excluding diaryl/α,β-unsaturated/α-hetero) is 1. The number of anilines is 2. The molecule has 5 rings (SSSR count). The first-order chi connectivity index (χ1) is 16.6. The fourth-order valence-electron chi connectivity index (χ4n) is 4.35. The largest absolute Gasteiger partial charge is 0.399 e. The molecule has 1 aliphatic rings. The number of amides is 1. The maximum Gasteiger partial charge on any atom is 0.249 e. The van der Waals surface area contributed by atoms with Crippen LogP contribution >= 0.6 is 0 Å². The summed E-state index contributed by atoms with van der Waals surface area (Å²) in [5.74, 6) is -2.87. The SMILES string of the molecule is N#CC(C(=O)Nc1cccc(N)c1)C(=O)c1nn(-c2ccccc2)c2c1CCc1ccccc1-2. The molecular formula is C27H21N5O2. The van der Waals surface area contributed by atoms with Gasteiger partial charge in [-0.1, -0.05) is 48.5 Å². The molecule has 1 atom stereocenters. The number of aryl methyl sites for hydroxylation is 1. The zero-order chi connectivity index (χ0) is 23.7. The van der Waals surface area contributed by atoms with E-state index in [4.69, 9.17) is 5.73 Å². The molecule has 0 spiro atoms. The standard InChI is InChI=1S/C27H21N5O2/c28-16-23(27(34)30-19-9-6-8-18(29)15-19)26(33)24-22-14-13-17-7-4-5-12-21(17)25(22)32(31-24)20-10-2-1-3-11-20/h1-12,15,23H,13-14,29H2,(H,30,34). The van der Waals surface area contributed by atoms with Gasteiger partial charge >= 0.3 is 0 Å². The summed E-state index contributed by atoms with van der Waals surface area (Å²) in [7, 11) is 0. The van der Waals surface area contributed by atoms with Gasteiger partial charge in [-0.2, -0.15) is 10.4 Å². The lowest BCUT2D eigenvalue weighted by Gasteiger charge is -2.18. The maximum atomic E-state index is 13.5. The van der Waals surface area contributed by atoms with E-state index < -0.39 is 17.6 Å². The normalized spacial score (nSPS) is 12.7. The summed E-state index contributed by atoms with van der Waals surface area (Å²) < 4.78 is 1.74. The highest BCUT2D eigenvalue weighted by Crippen LogP contribution is 2.37. The minimum absolute atomic E-state index is 0.155. The molecule has 1 amide bonds. The monoisotopic (exact) mass is 447 g/mol. The number of nitrogens with two attached hydrogens (primary N) is 1. The molecule has 4 aromatic rings. The van der Waals surface area contributed by atoms with Crippen LogP contribution in [0.5, 0.6) is 0 Å². The number of ketones is 1. The Morgan fingerprint density at radius 2 is 1.76 bits per heavy atom. The van der Waals surface area contributed by atoms with Gasteiger partial charge in [0.2, 0.25) is 11.7 Å². The zero-order valence-corrected chi connectivity index (χ0v) is 18.2. The molecule has 0 radical (unpaired) electrons. The van der Waals surface area contributed by atoms with E-state index in [-0.39, 0.29) is 5.69 Å². The van der Waals surface area contributed by atoms with Crippen LogP contribution in [0.15, 0.2) is 78.9 Å². The molecule has 1 aromatic heterocycles. The smallest absolute Gasteiger partial charge is 0.249 e. The molecule has 3 N–H and O–H groups in total. The van der Waals surface area contributed by atoms with E-state index in [1.165, 1.54) is 5.56 Å². The van der Waals surface area contributed by atoms with Crippen molar-refractivity contribution in [3.05, 3.63) is 95.7 Å². The third-order valence-electron chi connectivity index (χ3n) is 5.94. The first-order valence-corrected chi connectivity index (χ1v) is 10.9. The number of nitrogens with one attached hydrogen (secondary N) is 1. The summed E-state index contributed by atoms with van der Waals surface area (Å²) in [6, 6.07) is 26.0. The Balaban J connectivity index is 1.57. The maximum absolute atomic E-state index is 13.5. The molecule has 166 valence electrons. The fraction of sp³-hybridized carbons (Fsp3) is 0.111. The van der Waals surface area contributed by atoms with Gasteiger partial charge < -0.3 is 11.1 Å². The number of aromatic nitrogens is 2. The van der Waals surface area contributed by atoms with Gasteiger partial charge in [0.05, 0.1) is 17.5 Å². The molecule has 1 heterocycles. The number of para-hydroxylation sites is 1. The molecule has 7 nitrogen and oxygen atoms in total. The van der Waals surface area contributed by atoms with Crippen molar-refractivity contribution in [1.29, 1.82) is 5.26 Å². The molecular weight excluding hydrogens is 426 g/mol. The molecule has 34 heavy (non-hydrogen) atoms. The number of benzene rings is 3. The number of carbonyl (C=O) groups is 2. The summed E-state index contributed by atoms with van der Waals surface area (Å²) in [6.45, 7) is 0. The summed E-state index contributed by atoms with van der Waals surface area (Å²) in [5.41, 5.74) is 11.4. The average molecular weight is 447 g/mol. The fourth-order valence-corrected chi connectivity index (χ4v) is 4.35. The van der Waals surface area contributed by atoms with Crippen molar-refractivity contribution in [2.75, 3.05) is 11.1 Å². The first kappa shape index (κ1) is 21.2. The number of hydrogen-bond acceptors (Lipinski definition) is 5. The molecule has 0 bridgehead atoms. The predicted octanol–water partition coefficient (Wildman–Crippen LogP) is 4.18. The minimum atomic E-state index is -1.54. The molecule has 0 aliphatic heterocycles. The Morgan fingerprint density at radius 1 is 1.00 bits per heavy atom. The highest BCUT2D eigenvalue weighted by Gasteiger charge is 2.35. The van der Waals surface area contributed by atoms with Crippen molar-refractivity contribution in [2.24, 2.45) is 5.92 Å². The van der Waals surface area contributed by atoms with Crippen LogP contribution in [0.1, 0.15) is 21.6 Å². The Morgan fingerprint density at radius 3 is 2.53 bits per heavy atom. The number of fused-ring (bicyclic) bond motifs is 3. The molecule has 1 unspecified atom stereocenters. The topological polar surface area (TPSA) is 114 Å². The van der Waals surface area contributed by atoms with E-state index in [1.54, 1.807) is 28.9 Å². The van der Waals surface area contributed by atoms with Gasteiger partial charge in [0, 0.05) is 22.5 Å². The third kappa shape index (κ3) is 3.71. The minimum Gasteiger partial charge on any atom is -0.399 e. The Bertz CT molecular complexity index is 1450. The molecule has 0 fully saturated rings. The van der Waals surface area contributed by atoms with Crippen molar-refractivity contribution in [2.45, 2.75) is 12.8 Å². The van der Waals surface area contributed by atoms with Gasteiger partial charge in [-0.25, -0.2) is 4.68 Å². The van der Waals surface area contributed by atoms with E-state index in [1.807, 2.05) is 54.6 Å². The lowest BCUT2D eigenvalue weighted by atomic mass is 9.87.